The molecule has 2 heterocycles. The Kier molecular flexibility index (Phi) is 8.35. The standard InChI is InChI=1S/C23H24Cl2N4O.ClH/c24-18-13-15(14-28-22(18)25)23(30)27-12-6-5-11-26-21-16-7-1-3-9-19(16)29-20-10-4-2-8-17(20)21;/h1,3,7,9,13-14H,2,4-6,8,10-12H2,(H,26,29)(H,27,30);1H. The number of fused-ring (bicyclic) bond motifs is 2. The average molecular weight is 480 g/mol. The summed E-state index contributed by atoms with van der Waals surface area (Å²) in [6, 6.07) is 9.87. The Morgan fingerprint density at radius 1 is 1.06 bits per heavy atom. The van der Waals surface area contributed by atoms with Crippen molar-refractivity contribution in [2.24, 2.45) is 0 Å². The molecule has 0 atom stereocenters. The third-order valence-electron chi connectivity index (χ3n) is 5.42. The molecule has 3 aromatic rings. The van der Waals surface area contributed by atoms with E-state index in [1.165, 1.54) is 47.4 Å². The van der Waals surface area contributed by atoms with E-state index in [1.807, 2.05) is 6.07 Å². The first kappa shape index (κ1) is 23.6. The van der Waals surface area contributed by atoms with Crippen LogP contribution < -0.4 is 10.6 Å². The number of aryl methyl sites for hydroxylation is 1. The van der Waals surface area contributed by atoms with Crippen LogP contribution in [0.2, 0.25) is 10.2 Å². The van der Waals surface area contributed by atoms with Crippen LogP contribution in [0.5, 0.6) is 0 Å². The van der Waals surface area contributed by atoms with E-state index in [0.717, 1.165) is 37.7 Å². The van der Waals surface area contributed by atoms with Crippen LogP contribution in [0.4, 0.5) is 5.69 Å². The molecule has 4 rings (SSSR count). The zero-order valence-corrected chi connectivity index (χ0v) is 19.4. The molecule has 8 heteroatoms. The number of benzene rings is 1. The molecule has 1 aromatic carbocycles. The third-order valence-corrected chi connectivity index (χ3v) is 6.10. The fourth-order valence-corrected chi connectivity index (χ4v) is 4.16. The first-order chi connectivity index (χ1) is 14.6. The molecule has 5 nitrogen and oxygen atoms in total. The first-order valence-electron chi connectivity index (χ1n) is 10.4. The van der Waals surface area contributed by atoms with Crippen molar-refractivity contribution in [2.75, 3.05) is 18.4 Å². The van der Waals surface area contributed by atoms with E-state index in [2.05, 4.69) is 33.8 Å². The number of hydrogen-bond donors (Lipinski definition) is 2. The summed E-state index contributed by atoms with van der Waals surface area (Å²) in [5, 5.41) is 8.23. The van der Waals surface area contributed by atoms with Crippen molar-refractivity contribution < 1.29 is 4.79 Å². The Bertz CT molecular complexity index is 1070. The van der Waals surface area contributed by atoms with Crippen molar-refractivity contribution in [2.45, 2.75) is 38.5 Å². The Labute approximate surface area is 198 Å². The SMILES string of the molecule is Cl.O=C(NCCCCNc1c2c(nc3ccccc13)CCCC2)c1cnc(Cl)c(Cl)c1. The number of unbranched alkanes of at least 4 members (excludes halogenated alkanes) is 1. The van der Waals surface area contributed by atoms with Gasteiger partial charge < -0.3 is 10.6 Å². The average Bonchev–Trinajstić information content (AvgIpc) is 2.77. The van der Waals surface area contributed by atoms with Gasteiger partial charge in [0.15, 0.2) is 0 Å². The predicted octanol–water partition coefficient (Wildman–Crippen LogP) is 5.86. The molecule has 31 heavy (non-hydrogen) atoms. The molecular formula is C23H25Cl3N4O. The molecule has 0 unspecified atom stereocenters. The number of amides is 1. The number of aromatic nitrogens is 2. The van der Waals surface area contributed by atoms with Crippen molar-refractivity contribution in [3.63, 3.8) is 0 Å². The molecule has 0 bridgehead atoms. The van der Waals surface area contributed by atoms with Gasteiger partial charge in [-0.25, -0.2) is 4.98 Å². The van der Waals surface area contributed by atoms with Gasteiger partial charge in [0.05, 0.1) is 16.1 Å². The van der Waals surface area contributed by atoms with Gasteiger partial charge in [0.1, 0.15) is 5.15 Å². The highest BCUT2D eigenvalue weighted by molar-refractivity contribution is 6.41. The minimum atomic E-state index is -0.191. The number of nitrogens with zero attached hydrogens (tertiary/aromatic N) is 2. The lowest BCUT2D eigenvalue weighted by Gasteiger charge is -2.21. The van der Waals surface area contributed by atoms with Crippen molar-refractivity contribution >= 4 is 58.1 Å². The highest BCUT2D eigenvalue weighted by Crippen LogP contribution is 2.33. The van der Waals surface area contributed by atoms with E-state index in [9.17, 15) is 4.79 Å². The molecule has 1 amide bonds. The second-order valence-corrected chi connectivity index (χ2v) is 8.29. The van der Waals surface area contributed by atoms with Crippen LogP contribution in [0.3, 0.4) is 0 Å². The maximum absolute atomic E-state index is 12.2. The number of nitrogens with one attached hydrogen (secondary N) is 2. The quantitative estimate of drug-likeness (QED) is 0.329. The molecule has 0 aliphatic heterocycles. The number of hydrogen-bond acceptors (Lipinski definition) is 4. The molecule has 2 N–H and O–H groups in total. The van der Waals surface area contributed by atoms with Gasteiger partial charge in [-0.15, -0.1) is 12.4 Å². The molecule has 0 saturated carbocycles. The van der Waals surface area contributed by atoms with Crippen LogP contribution in [0, 0.1) is 0 Å². The van der Waals surface area contributed by atoms with Crippen molar-refractivity contribution in [1.82, 2.24) is 15.3 Å². The summed E-state index contributed by atoms with van der Waals surface area (Å²) >= 11 is 11.7. The van der Waals surface area contributed by atoms with Crippen LogP contribution in [0.15, 0.2) is 36.5 Å². The van der Waals surface area contributed by atoms with Crippen LogP contribution in [-0.2, 0) is 12.8 Å². The minimum Gasteiger partial charge on any atom is -0.384 e. The smallest absolute Gasteiger partial charge is 0.252 e. The second kappa shape index (κ2) is 11.0. The lowest BCUT2D eigenvalue weighted by atomic mass is 9.92. The molecular weight excluding hydrogens is 455 g/mol. The molecule has 1 aliphatic carbocycles. The van der Waals surface area contributed by atoms with Gasteiger partial charge in [0, 0.05) is 36.1 Å². The molecule has 1 aliphatic rings. The highest BCUT2D eigenvalue weighted by atomic mass is 35.5. The summed E-state index contributed by atoms with van der Waals surface area (Å²) in [5.41, 5.74) is 5.33. The second-order valence-electron chi connectivity index (χ2n) is 7.52. The summed E-state index contributed by atoms with van der Waals surface area (Å²) in [4.78, 5) is 21.0. The zero-order valence-electron chi connectivity index (χ0n) is 17.1. The van der Waals surface area contributed by atoms with Gasteiger partial charge in [0.2, 0.25) is 0 Å². The maximum atomic E-state index is 12.2. The summed E-state index contributed by atoms with van der Waals surface area (Å²) in [6.45, 7) is 1.45. The lowest BCUT2D eigenvalue weighted by Crippen LogP contribution is -2.25. The van der Waals surface area contributed by atoms with Gasteiger partial charge in [-0.2, -0.15) is 0 Å². The van der Waals surface area contributed by atoms with Gasteiger partial charge in [-0.05, 0) is 56.2 Å². The van der Waals surface area contributed by atoms with E-state index in [-0.39, 0.29) is 28.5 Å². The van der Waals surface area contributed by atoms with Gasteiger partial charge in [-0.3, -0.25) is 9.78 Å². The zero-order chi connectivity index (χ0) is 20.9. The van der Waals surface area contributed by atoms with Crippen molar-refractivity contribution in [1.29, 1.82) is 0 Å². The summed E-state index contributed by atoms with van der Waals surface area (Å²) < 4.78 is 0. The number of halogens is 3. The summed E-state index contributed by atoms with van der Waals surface area (Å²) in [5.74, 6) is -0.191. The van der Waals surface area contributed by atoms with Crippen LogP contribution in [-0.4, -0.2) is 29.0 Å². The number of para-hydroxylation sites is 1. The van der Waals surface area contributed by atoms with E-state index in [1.54, 1.807) is 0 Å². The van der Waals surface area contributed by atoms with Gasteiger partial charge >= 0.3 is 0 Å². The van der Waals surface area contributed by atoms with Crippen LogP contribution in [0.1, 0.15) is 47.3 Å². The molecule has 0 saturated heterocycles. The Morgan fingerprint density at radius 2 is 1.84 bits per heavy atom. The number of carbonyl (C=O) groups excluding carboxylic acids is 1. The number of carbonyl (C=O) groups is 1. The topological polar surface area (TPSA) is 66.9 Å². The highest BCUT2D eigenvalue weighted by Gasteiger charge is 2.17. The third kappa shape index (κ3) is 5.59. The number of pyridine rings is 2. The van der Waals surface area contributed by atoms with Crippen LogP contribution in [0.25, 0.3) is 10.9 Å². The fraction of sp³-hybridized carbons (Fsp3) is 0.348. The minimum absolute atomic E-state index is 0. The number of rotatable bonds is 7. The summed E-state index contributed by atoms with van der Waals surface area (Å²) in [7, 11) is 0. The van der Waals surface area contributed by atoms with E-state index >= 15 is 0 Å². The van der Waals surface area contributed by atoms with Crippen LogP contribution >= 0.6 is 35.6 Å². The molecule has 0 radical (unpaired) electrons. The maximum Gasteiger partial charge on any atom is 0.252 e. The van der Waals surface area contributed by atoms with E-state index in [0.29, 0.717) is 12.1 Å². The van der Waals surface area contributed by atoms with E-state index < -0.39 is 0 Å². The molecule has 0 fully saturated rings. The summed E-state index contributed by atoms with van der Waals surface area (Å²) in [6.07, 6.45) is 7.84. The largest absolute Gasteiger partial charge is 0.384 e. The van der Waals surface area contributed by atoms with Crippen molar-refractivity contribution in [3.05, 3.63) is 63.5 Å². The van der Waals surface area contributed by atoms with Gasteiger partial charge in [0.25, 0.3) is 5.91 Å². The monoisotopic (exact) mass is 478 g/mol. The molecule has 2 aromatic heterocycles. The van der Waals surface area contributed by atoms with E-state index in [4.69, 9.17) is 28.2 Å². The fourth-order valence-electron chi connectivity index (χ4n) is 3.89. The Balaban J connectivity index is 0.00000272. The molecule has 164 valence electrons. The first-order valence-corrected chi connectivity index (χ1v) is 11.1. The Morgan fingerprint density at radius 3 is 2.68 bits per heavy atom. The lowest BCUT2D eigenvalue weighted by molar-refractivity contribution is 0.0952. The molecule has 0 spiro atoms. The normalized spacial score (nSPS) is 12.7. The predicted molar refractivity (Wildman–Crippen MR) is 130 cm³/mol. The van der Waals surface area contributed by atoms with Crippen molar-refractivity contribution in [3.8, 4) is 0 Å². The Hall–Kier alpha value is -2.08. The number of anilines is 1. The van der Waals surface area contributed by atoms with Gasteiger partial charge in [-0.1, -0.05) is 41.4 Å².